The van der Waals surface area contributed by atoms with Crippen LogP contribution in [0.1, 0.15) is 16.1 Å². The molecule has 2 aromatic rings. The number of nitrogens with zero attached hydrogens (tertiary/aromatic N) is 2. The molecule has 1 N–H and O–H groups in total. The summed E-state index contributed by atoms with van der Waals surface area (Å²) in [6.45, 7) is 1.65. The van der Waals surface area contributed by atoms with E-state index in [0.717, 1.165) is 30.0 Å². The predicted octanol–water partition coefficient (Wildman–Crippen LogP) is 3.29. The Balaban J connectivity index is 2.47. The van der Waals surface area contributed by atoms with Crippen molar-refractivity contribution in [1.29, 1.82) is 0 Å². The minimum Gasteiger partial charge on any atom is -0.478 e. The Bertz CT molecular complexity index is 736. The fourth-order valence-electron chi connectivity index (χ4n) is 1.56. The Kier molecular flexibility index (Phi) is 4.18. The van der Waals surface area contributed by atoms with Gasteiger partial charge in [-0.15, -0.1) is 0 Å². The molecule has 0 amide bonds. The van der Waals surface area contributed by atoms with E-state index in [0.29, 0.717) is 5.69 Å². The van der Waals surface area contributed by atoms with Crippen molar-refractivity contribution >= 4 is 23.4 Å². The summed E-state index contributed by atoms with van der Waals surface area (Å²) in [5, 5.41) is 19.9. The second-order valence-corrected chi connectivity index (χ2v) is 5.12. The number of pyridine rings is 1. The zero-order chi connectivity index (χ0) is 15.6. The van der Waals surface area contributed by atoms with Crippen molar-refractivity contribution in [2.75, 3.05) is 0 Å². The van der Waals surface area contributed by atoms with Gasteiger partial charge in [0.1, 0.15) is 5.82 Å². The molecule has 0 atom stereocenters. The van der Waals surface area contributed by atoms with Crippen molar-refractivity contribution in [3.05, 3.63) is 57.5 Å². The summed E-state index contributed by atoms with van der Waals surface area (Å²) < 4.78 is 13.7. The van der Waals surface area contributed by atoms with Crippen LogP contribution in [0, 0.1) is 22.9 Å². The molecule has 1 aromatic carbocycles. The molecule has 0 unspecified atom stereocenters. The number of aromatic carboxylic acids is 1. The third kappa shape index (κ3) is 3.34. The van der Waals surface area contributed by atoms with E-state index in [4.69, 9.17) is 5.11 Å². The third-order valence-electron chi connectivity index (χ3n) is 2.56. The molecule has 2 rings (SSSR count). The monoisotopic (exact) mass is 308 g/mol. The van der Waals surface area contributed by atoms with Gasteiger partial charge in [0.2, 0.25) is 0 Å². The van der Waals surface area contributed by atoms with Crippen LogP contribution in [-0.4, -0.2) is 21.0 Å². The van der Waals surface area contributed by atoms with Crippen LogP contribution < -0.4 is 0 Å². The zero-order valence-electron chi connectivity index (χ0n) is 10.7. The normalized spacial score (nSPS) is 10.4. The van der Waals surface area contributed by atoms with Crippen LogP contribution in [0.25, 0.3) is 0 Å². The van der Waals surface area contributed by atoms with Gasteiger partial charge in [0.15, 0.2) is 5.03 Å². The molecule has 0 saturated heterocycles. The number of carboxylic acids is 1. The Hall–Kier alpha value is -2.48. The minimum atomic E-state index is -1.21. The van der Waals surface area contributed by atoms with Gasteiger partial charge in [-0.05, 0) is 31.2 Å². The number of nitro groups is 1. The van der Waals surface area contributed by atoms with E-state index in [1.807, 2.05) is 0 Å². The fraction of sp³-hybridized carbons (Fsp3) is 0.0769. The van der Waals surface area contributed by atoms with Crippen LogP contribution in [0.4, 0.5) is 10.1 Å². The van der Waals surface area contributed by atoms with Crippen LogP contribution in [-0.2, 0) is 0 Å². The van der Waals surface area contributed by atoms with Crippen LogP contribution in [0.5, 0.6) is 0 Å². The van der Waals surface area contributed by atoms with Crippen LogP contribution in [0.3, 0.4) is 0 Å². The Morgan fingerprint density at radius 1 is 1.38 bits per heavy atom. The van der Waals surface area contributed by atoms with E-state index in [2.05, 4.69) is 4.98 Å². The van der Waals surface area contributed by atoms with Gasteiger partial charge in [0, 0.05) is 11.8 Å². The van der Waals surface area contributed by atoms with Gasteiger partial charge in [0.25, 0.3) is 0 Å². The standard InChI is InChI=1S/C13H9FN2O4S/c1-7-2-5-10(16(19)20)12(15-7)21-11-6-8(13(17)18)3-4-9(11)14/h2-6H,1H3,(H,17,18). The van der Waals surface area contributed by atoms with Crippen molar-refractivity contribution in [2.45, 2.75) is 16.8 Å². The summed E-state index contributed by atoms with van der Waals surface area (Å²) >= 11 is 0.724. The number of hydrogen-bond acceptors (Lipinski definition) is 5. The van der Waals surface area contributed by atoms with Gasteiger partial charge in [-0.2, -0.15) is 0 Å². The third-order valence-corrected chi connectivity index (χ3v) is 3.59. The molecule has 0 radical (unpaired) electrons. The maximum absolute atomic E-state index is 13.7. The minimum absolute atomic E-state index is 0.0152. The second kappa shape index (κ2) is 5.88. The summed E-state index contributed by atoms with van der Waals surface area (Å²) in [7, 11) is 0. The molecule has 0 aliphatic heterocycles. The number of aryl methyl sites for hydroxylation is 1. The number of halogens is 1. The lowest BCUT2D eigenvalue weighted by atomic mass is 10.2. The molecule has 108 valence electrons. The molecule has 0 aliphatic carbocycles. The Morgan fingerprint density at radius 3 is 2.71 bits per heavy atom. The van der Waals surface area contributed by atoms with E-state index in [-0.39, 0.29) is 21.2 Å². The summed E-state index contributed by atoms with van der Waals surface area (Å²) in [6.07, 6.45) is 0. The SMILES string of the molecule is Cc1ccc([N+](=O)[O-])c(Sc2cc(C(=O)O)ccc2F)n1. The first-order valence-electron chi connectivity index (χ1n) is 5.71. The van der Waals surface area contributed by atoms with Crippen molar-refractivity contribution < 1.29 is 19.2 Å². The number of rotatable bonds is 4. The molecule has 21 heavy (non-hydrogen) atoms. The second-order valence-electron chi connectivity index (χ2n) is 4.09. The van der Waals surface area contributed by atoms with Gasteiger partial charge in [-0.1, -0.05) is 11.8 Å². The predicted molar refractivity (Wildman–Crippen MR) is 73.1 cm³/mol. The number of hydrogen-bond donors (Lipinski definition) is 1. The Labute approximate surface area is 122 Å². The van der Waals surface area contributed by atoms with E-state index in [1.54, 1.807) is 6.92 Å². The van der Waals surface area contributed by atoms with Gasteiger partial charge < -0.3 is 5.11 Å². The van der Waals surface area contributed by atoms with Crippen LogP contribution >= 0.6 is 11.8 Å². The van der Waals surface area contributed by atoms with Crippen LogP contribution in [0.15, 0.2) is 40.3 Å². The smallest absolute Gasteiger partial charge is 0.335 e. The molecule has 8 heteroatoms. The van der Waals surface area contributed by atoms with Crippen molar-refractivity contribution in [3.63, 3.8) is 0 Å². The largest absolute Gasteiger partial charge is 0.478 e. The van der Waals surface area contributed by atoms with Crippen molar-refractivity contribution in [1.82, 2.24) is 4.98 Å². The van der Waals surface area contributed by atoms with Gasteiger partial charge in [-0.3, -0.25) is 10.1 Å². The van der Waals surface area contributed by atoms with Gasteiger partial charge >= 0.3 is 11.7 Å². The lowest BCUT2D eigenvalue weighted by Gasteiger charge is -2.05. The highest BCUT2D eigenvalue weighted by Gasteiger charge is 2.19. The summed E-state index contributed by atoms with van der Waals surface area (Å²) in [6, 6.07) is 6.01. The Morgan fingerprint density at radius 2 is 2.10 bits per heavy atom. The molecule has 6 nitrogen and oxygen atoms in total. The van der Waals surface area contributed by atoms with E-state index < -0.39 is 16.7 Å². The number of aromatic nitrogens is 1. The number of benzene rings is 1. The molecular formula is C13H9FN2O4S. The first-order chi connectivity index (χ1) is 9.88. The highest BCUT2D eigenvalue weighted by atomic mass is 32.2. The maximum Gasteiger partial charge on any atom is 0.335 e. The molecule has 0 bridgehead atoms. The lowest BCUT2D eigenvalue weighted by Crippen LogP contribution is -1.98. The van der Waals surface area contributed by atoms with Crippen molar-refractivity contribution in [3.8, 4) is 0 Å². The van der Waals surface area contributed by atoms with Crippen molar-refractivity contribution in [2.24, 2.45) is 0 Å². The molecule has 0 fully saturated rings. The highest BCUT2D eigenvalue weighted by Crippen LogP contribution is 2.35. The average molecular weight is 308 g/mol. The number of carboxylic acid groups (broad SMARTS) is 1. The average Bonchev–Trinajstić information content (AvgIpc) is 2.40. The summed E-state index contributed by atoms with van der Waals surface area (Å²) in [5.74, 6) is -1.87. The summed E-state index contributed by atoms with van der Waals surface area (Å²) in [5.41, 5.74) is 0.179. The molecule has 0 aliphatic rings. The van der Waals surface area contributed by atoms with E-state index >= 15 is 0 Å². The quantitative estimate of drug-likeness (QED) is 0.688. The van der Waals surface area contributed by atoms with Gasteiger partial charge in [-0.25, -0.2) is 14.2 Å². The molecule has 0 spiro atoms. The highest BCUT2D eigenvalue weighted by molar-refractivity contribution is 7.99. The molecule has 0 saturated carbocycles. The van der Waals surface area contributed by atoms with E-state index in [9.17, 15) is 19.3 Å². The molecule has 1 aromatic heterocycles. The van der Waals surface area contributed by atoms with E-state index in [1.165, 1.54) is 12.1 Å². The number of carbonyl (C=O) groups is 1. The summed E-state index contributed by atoms with van der Waals surface area (Å²) in [4.78, 5) is 25.2. The topological polar surface area (TPSA) is 93.3 Å². The first kappa shape index (κ1) is 14.9. The fourth-order valence-corrected chi connectivity index (χ4v) is 2.55. The maximum atomic E-state index is 13.7. The molecule has 1 heterocycles. The zero-order valence-corrected chi connectivity index (χ0v) is 11.6. The van der Waals surface area contributed by atoms with Gasteiger partial charge in [0.05, 0.1) is 15.4 Å². The lowest BCUT2D eigenvalue weighted by molar-refractivity contribution is -0.388. The molecular weight excluding hydrogens is 299 g/mol. The van der Waals surface area contributed by atoms with Crippen LogP contribution in [0.2, 0.25) is 0 Å². The first-order valence-corrected chi connectivity index (χ1v) is 6.53.